The zero-order valence-electron chi connectivity index (χ0n) is 12.2. The fourth-order valence-corrected chi connectivity index (χ4v) is 2.57. The van der Waals surface area contributed by atoms with Crippen molar-refractivity contribution in [1.82, 2.24) is 9.78 Å². The van der Waals surface area contributed by atoms with Gasteiger partial charge >= 0.3 is 0 Å². The van der Waals surface area contributed by atoms with E-state index in [-0.39, 0.29) is 12.3 Å². The largest absolute Gasteiger partial charge is 0.326 e. The van der Waals surface area contributed by atoms with Crippen molar-refractivity contribution in [2.75, 3.05) is 5.32 Å². The smallest absolute Gasteiger partial charge is 0.226 e. The Bertz CT molecular complexity index is 893. The normalized spacial score (nSPS) is 10.4. The number of aromatic nitrogens is 2. The third-order valence-corrected chi connectivity index (χ3v) is 3.74. The molecule has 0 aliphatic rings. The van der Waals surface area contributed by atoms with E-state index in [9.17, 15) is 4.79 Å². The van der Waals surface area contributed by atoms with Crippen LogP contribution in [0.1, 0.15) is 12.0 Å². The van der Waals surface area contributed by atoms with Crippen molar-refractivity contribution in [3.05, 3.63) is 59.2 Å². The van der Waals surface area contributed by atoms with Gasteiger partial charge in [-0.2, -0.15) is 10.4 Å². The van der Waals surface area contributed by atoms with Gasteiger partial charge in [-0.05, 0) is 36.4 Å². The van der Waals surface area contributed by atoms with Crippen LogP contribution in [-0.2, 0) is 11.3 Å². The Hall–Kier alpha value is -2.84. The molecule has 23 heavy (non-hydrogen) atoms. The lowest BCUT2D eigenvalue weighted by Crippen LogP contribution is -2.15. The molecular formula is C17H13ClN4O. The number of hydrogen-bond acceptors (Lipinski definition) is 3. The van der Waals surface area contributed by atoms with Gasteiger partial charge < -0.3 is 5.32 Å². The molecule has 0 radical (unpaired) electrons. The molecule has 1 aromatic heterocycles. The number of benzene rings is 2. The highest BCUT2D eigenvalue weighted by Gasteiger charge is 2.09. The Morgan fingerprint density at radius 2 is 1.96 bits per heavy atom. The molecule has 3 rings (SSSR count). The van der Waals surface area contributed by atoms with Gasteiger partial charge in [-0.15, -0.1) is 0 Å². The SMILES string of the molecule is N#Cc1ccc(NC(=O)CCn2nc(Cl)c3ccccc32)cc1. The van der Waals surface area contributed by atoms with Crippen LogP contribution in [0.25, 0.3) is 10.9 Å². The molecule has 0 fully saturated rings. The topological polar surface area (TPSA) is 70.7 Å². The second-order valence-corrected chi connectivity index (χ2v) is 5.38. The van der Waals surface area contributed by atoms with E-state index in [1.54, 1.807) is 28.9 Å². The van der Waals surface area contributed by atoms with Gasteiger partial charge in [0.05, 0.1) is 23.7 Å². The predicted octanol–water partition coefficient (Wildman–Crippen LogP) is 3.59. The standard InChI is InChI=1S/C17H13ClN4O/c18-17-14-3-1-2-4-15(14)22(21-17)10-9-16(23)20-13-7-5-12(11-19)6-8-13/h1-8H,9-10H2,(H,20,23). The first kappa shape index (κ1) is 15.1. The van der Waals surface area contributed by atoms with E-state index in [0.717, 1.165) is 10.9 Å². The lowest BCUT2D eigenvalue weighted by atomic mass is 10.2. The number of fused-ring (bicyclic) bond motifs is 1. The highest BCUT2D eigenvalue weighted by Crippen LogP contribution is 2.22. The van der Waals surface area contributed by atoms with E-state index in [2.05, 4.69) is 10.4 Å². The molecule has 1 amide bonds. The summed E-state index contributed by atoms with van der Waals surface area (Å²) in [6.07, 6.45) is 0.280. The van der Waals surface area contributed by atoms with Crippen LogP contribution >= 0.6 is 11.6 Å². The average Bonchev–Trinajstić information content (AvgIpc) is 2.90. The molecule has 6 heteroatoms. The predicted molar refractivity (Wildman–Crippen MR) is 89.1 cm³/mol. The van der Waals surface area contributed by atoms with Crippen molar-refractivity contribution < 1.29 is 4.79 Å². The lowest BCUT2D eigenvalue weighted by molar-refractivity contribution is -0.116. The minimum Gasteiger partial charge on any atom is -0.326 e. The van der Waals surface area contributed by atoms with Crippen molar-refractivity contribution in [3.8, 4) is 6.07 Å². The second kappa shape index (κ2) is 6.51. The number of halogens is 1. The van der Waals surface area contributed by atoms with Gasteiger partial charge in [0.2, 0.25) is 5.91 Å². The molecule has 2 aromatic carbocycles. The summed E-state index contributed by atoms with van der Waals surface area (Å²) in [6, 6.07) is 16.4. The number of hydrogen-bond donors (Lipinski definition) is 1. The van der Waals surface area contributed by atoms with Crippen LogP contribution in [-0.4, -0.2) is 15.7 Å². The molecule has 1 N–H and O–H groups in total. The number of nitrogens with one attached hydrogen (secondary N) is 1. The zero-order chi connectivity index (χ0) is 16.2. The third kappa shape index (κ3) is 3.33. The number of nitriles is 1. The van der Waals surface area contributed by atoms with E-state index in [1.165, 1.54) is 0 Å². The van der Waals surface area contributed by atoms with Gasteiger partial charge in [0.15, 0.2) is 5.15 Å². The van der Waals surface area contributed by atoms with Crippen LogP contribution < -0.4 is 5.32 Å². The van der Waals surface area contributed by atoms with Crippen LogP contribution in [0.5, 0.6) is 0 Å². The monoisotopic (exact) mass is 324 g/mol. The van der Waals surface area contributed by atoms with E-state index in [0.29, 0.717) is 22.9 Å². The van der Waals surface area contributed by atoms with Crippen LogP contribution in [0.4, 0.5) is 5.69 Å². The highest BCUT2D eigenvalue weighted by molar-refractivity contribution is 6.34. The summed E-state index contributed by atoms with van der Waals surface area (Å²) in [5.74, 6) is -0.120. The minimum atomic E-state index is -0.120. The molecule has 0 atom stereocenters. The number of nitrogens with zero attached hydrogens (tertiary/aromatic N) is 3. The summed E-state index contributed by atoms with van der Waals surface area (Å²) in [7, 11) is 0. The molecule has 0 saturated heterocycles. The van der Waals surface area contributed by atoms with Crippen LogP contribution in [0.15, 0.2) is 48.5 Å². The minimum absolute atomic E-state index is 0.120. The number of anilines is 1. The fraction of sp³-hybridized carbons (Fsp3) is 0.118. The second-order valence-electron chi connectivity index (χ2n) is 5.02. The Morgan fingerprint density at radius 1 is 1.22 bits per heavy atom. The van der Waals surface area contributed by atoms with Gasteiger partial charge in [-0.1, -0.05) is 23.7 Å². The highest BCUT2D eigenvalue weighted by atomic mass is 35.5. The molecule has 0 aliphatic carbocycles. The van der Waals surface area contributed by atoms with Crippen LogP contribution in [0.3, 0.4) is 0 Å². The molecule has 0 spiro atoms. The number of para-hydroxylation sites is 1. The van der Waals surface area contributed by atoms with Crippen molar-refractivity contribution >= 4 is 34.1 Å². The van der Waals surface area contributed by atoms with Gasteiger partial charge in [0, 0.05) is 17.5 Å². The summed E-state index contributed by atoms with van der Waals surface area (Å²) in [5.41, 5.74) is 2.13. The lowest BCUT2D eigenvalue weighted by Gasteiger charge is -2.06. The summed E-state index contributed by atoms with van der Waals surface area (Å²) in [5, 5.41) is 17.1. The fourth-order valence-electron chi connectivity index (χ4n) is 2.32. The Labute approximate surface area is 138 Å². The number of rotatable bonds is 4. The van der Waals surface area contributed by atoms with Gasteiger partial charge in [0.1, 0.15) is 0 Å². The summed E-state index contributed by atoms with van der Waals surface area (Å²) >= 11 is 6.09. The summed E-state index contributed by atoms with van der Waals surface area (Å²) in [4.78, 5) is 12.0. The zero-order valence-corrected chi connectivity index (χ0v) is 12.9. The maximum absolute atomic E-state index is 12.0. The van der Waals surface area contributed by atoms with Gasteiger partial charge in [-0.3, -0.25) is 9.48 Å². The van der Waals surface area contributed by atoms with E-state index in [1.807, 2.05) is 30.3 Å². The molecule has 0 aliphatic heterocycles. The van der Waals surface area contributed by atoms with Gasteiger partial charge in [-0.25, -0.2) is 0 Å². The van der Waals surface area contributed by atoms with Crippen molar-refractivity contribution in [1.29, 1.82) is 5.26 Å². The quantitative estimate of drug-likeness (QED) is 0.797. The molecule has 1 heterocycles. The van der Waals surface area contributed by atoms with Crippen molar-refractivity contribution in [2.24, 2.45) is 0 Å². The molecule has 114 valence electrons. The van der Waals surface area contributed by atoms with Crippen LogP contribution in [0, 0.1) is 11.3 Å². The Balaban J connectivity index is 1.65. The number of aryl methyl sites for hydroxylation is 1. The number of amides is 1. The first-order chi connectivity index (χ1) is 11.2. The maximum Gasteiger partial charge on any atom is 0.226 e. The molecular weight excluding hydrogens is 312 g/mol. The number of carbonyl (C=O) groups excluding carboxylic acids is 1. The Morgan fingerprint density at radius 3 is 2.70 bits per heavy atom. The molecule has 3 aromatic rings. The van der Waals surface area contributed by atoms with E-state index >= 15 is 0 Å². The first-order valence-electron chi connectivity index (χ1n) is 7.08. The third-order valence-electron chi connectivity index (χ3n) is 3.46. The summed E-state index contributed by atoms with van der Waals surface area (Å²) < 4.78 is 1.73. The van der Waals surface area contributed by atoms with Crippen LogP contribution in [0.2, 0.25) is 5.15 Å². The van der Waals surface area contributed by atoms with Crippen molar-refractivity contribution in [2.45, 2.75) is 13.0 Å². The first-order valence-corrected chi connectivity index (χ1v) is 7.46. The molecule has 5 nitrogen and oxygen atoms in total. The maximum atomic E-state index is 12.0. The summed E-state index contributed by atoms with van der Waals surface area (Å²) in [6.45, 7) is 0.440. The molecule has 0 saturated carbocycles. The van der Waals surface area contributed by atoms with E-state index in [4.69, 9.17) is 16.9 Å². The van der Waals surface area contributed by atoms with Crippen molar-refractivity contribution in [3.63, 3.8) is 0 Å². The molecule has 0 bridgehead atoms. The van der Waals surface area contributed by atoms with Gasteiger partial charge in [0.25, 0.3) is 0 Å². The van der Waals surface area contributed by atoms with E-state index < -0.39 is 0 Å². The number of carbonyl (C=O) groups is 1. The average molecular weight is 325 g/mol. The Kier molecular flexibility index (Phi) is 4.26. The molecule has 0 unspecified atom stereocenters.